The van der Waals surface area contributed by atoms with Gasteiger partial charge in [-0.2, -0.15) is 0 Å². The molecule has 0 bridgehead atoms. The molecule has 0 saturated heterocycles. The topological polar surface area (TPSA) is 37.3 Å². The molecule has 1 atom stereocenters. The molecule has 0 aliphatic heterocycles. The standard InChI is InChI=1S/C10H16O2/c1-7(11)8-4-5-10(2,3)6-9(8)12/h4,7,11H,5-6H2,1-3H3. The van der Waals surface area contributed by atoms with Crippen LogP contribution in [0.15, 0.2) is 11.6 Å². The van der Waals surface area contributed by atoms with Crippen molar-refractivity contribution in [2.45, 2.75) is 39.7 Å². The average Bonchev–Trinajstić information content (AvgIpc) is 1.83. The van der Waals surface area contributed by atoms with Crippen LogP contribution in [-0.4, -0.2) is 17.0 Å². The maximum atomic E-state index is 11.4. The summed E-state index contributed by atoms with van der Waals surface area (Å²) in [5, 5.41) is 9.23. The molecule has 0 amide bonds. The Morgan fingerprint density at radius 3 is 2.58 bits per heavy atom. The summed E-state index contributed by atoms with van der Waals surface area (Å²) >= 11 is 0. The van der Waals surface area contributed by atoms with E-state index in [0.717, 1.165) is 6.42 Å². The molecule has 12 heavy (non-hydrogen) atoms. The zero-order valence-electron chi connectivity index (χ0n) is 7.92. The van der Waals surface area contributed by atoms with Crippen LogP contribution in [0.2, 0.25) is 0 Å². The fraction of sp³-hybridized carbons (Fsp3) is 0.700. The predicted molar refractivity (Wildman–Crippen MR) is 47.8 cm³/mol. The Labute approximate surface area is 73.3 Å². The van der Waals surface area contributed by atoms with Gasteiger partial charge in [-0.05, 0) is 18.8 Å². The molecule has 0 aromatic rings. The summed E-state index contributed by atoms with van der Waals surface area (Å²) in [6.07, 6.45) is 2.72. The van der Waals surface area contributed by atoms with Gasteiger partial charge >= 0.3 is 0 Å². The van der Waals surface area contributed by atoms with E-state index >= 15 is 0 Å². The predicted octanol–water partition coefficient (Wildman–Crippen LogP) is 1.68. The zero-order valence-corrected chi connectivity index (χ0v) is 7.92. The molecule has 68 valence electrons. The van der Waals surface area contributed by atoms with Crippen LogP contribution in [-0.2, 0) is 4.79 Å². The number of allylic oxidation sites excluding steroid dienone is 1. The summed E-state index contributed by atoms with van der Waals surface area (Å²) in [6.45, 7) is 5.78. The highest BCUT2D eigenvalue weighted by atomic mass is 16.3. The number of aliphatic hydroxyl groups is 1. The summed E-state index contributed by atoms with van der Waals surface area (Å²) in [7, 11) is 0. The van der Waals surface area contributed by atoms with Gasteiger partial charge in [0.2, 0.25) is 0 Å². The van der Waals surface area contributed by atoms with Crippen LogP contribution in [0.3, 0.4) is 0 Å². The number of hydrogen-bond donors (Lipinski definition) is 1. The third-order valence-electron chi connectivity index (χ3n) is 2.29. The third-order valence-corrected chi connectivity index (χ3v) is 2.29. The lowest BCUT2D eigenvalue weighted by molar-refractivity contribution is -0.118. The van der Waals surface area contributed by atoms with Crippen LogP contribution >= 0.6 is 0 Å². The first-order chi connectivity index (χ1) is 5.42. The lowest BCUT2D eigenvalue weighted by Gasteiger charge is -2.28. The summed E-state index contributed by atoms with van der Waals surface area (Å²) in [6, 6.07) is 0. The highest BCUT2D eigenvalue weighted by Crippen LogP contribution is 2.32. The highest BCUT2D eigenvalue weighted by molar-refractivity contribution is 5.97. The smallest absolute Gasteiger partial charge is 0.161 e. The Balaban J connectivity index is 2.82. The Morgan fingerprint density at radius 1 is 1.58 bits per heavy atom. The highest BCUT2D eigenvalue weighted by Gasteiger charge is 2.29. The van der Waals surface area contributed by atoms with Crippen molar-refractivity contribution in [3.05, 3.63) is 11.6 Å². The Kier molecular flexibility index (Phi) is 2.38. The van der Waals surface area contributed by atoms with Crippen molar-refractivity contribution in [1.82, 2.24) is 0 Å². The first-order valence-corrected chi connectivity index (χ1v) is 4.34. The Morgan fingerprint density at radius 2 is 2.17 bits per heavy atom. The van der Waals surface area contributed by atoms with Crippen LogP contribution in [0.25, 0.3) is 0 Å². The van der Waals surface area contributed by atoms with Crippen molar-refractivity contribution in [2.75, 3.05) is 0 Å². The number of ketones is 1. The van der Waals surface area contributed by atoms with Crippen molar-refractivity contribution < 1.29 is 9.90 Å². The third kappa shape index (κ3) is 1.95. The molecule has 0 heterocycles. The van der Waals surface area contributed by atoms with E-state index in [-0.39, 0.29) is 11.2 Å². The molecule has 0 fully saturated rings. The molecule has 1 rings (SSSR count). The number of Topliss-reactive ketones (excluding diaryl/α,β-unsaturated/α-hetero) is 1. The SMILES string of the molecule is CC(O)C1=CCC(C)(C)CC1=O. The van der Waals surface area contributed by atoms with E-state index in [2.05, 4.69) is 13.8 Å². The summed E-state index contributed by atoms with van der Waals surface area (Å²) in [5.74, 6) is 0.0984. The van der Waals surface area contributed by atoms with Gasteiger partial charge in [-0.1, -0.05) is 19.9 Å². The van der Waals surface area contributed by atoms with Crippen molar-refractivity contribution in [3.8, 4) is 0 Å². The number of carbonyl (C=O) groups excluding carboxylic acids is 1. The molecule has 0 radical (unpaired) electrons. The van der Waals surface area contributed by atoms with Crippen molar-refractivity contribution in [2.24, 2.45) is 5.41 Å². The van der Waals surface area contributed by atoms with E-state index in [1.54, 1.807) is 6.92 Å². The molecule has 0 aromatic carbocycles. The normalized spacial score (nSPS) is 25.0. The average molecular weight is 168 g/mol. The minimum atomic E-state index is -0.603. The largest absolute Gasteiger partial charge is 0.389 e. The van der Waals surface area contributed by atoms with Crippen molar-refractivity contribution in [3.63, 3.8) is 0 Å². The second kappa shape index (κ2) is 3.02. The minimum absolute atomic E-state index is 0.0788. The van der Waals surface area contributed by atoms with Gasteiger partial charge < -0.3 is 5.11 Å². The molecule has 2 heteroatoms. The van der Waals surface area contributed by atoms with Gasteiger partial charge in [-0.3, -0.25) is 4.79 Å². The van der Waals surface area contributed by atoms with Crippen molar-refractivity contribution >= 4 is 5.78 Å². The molecule has 0 spiro atoms. The monoisotopic (exact) mass is 168 g/mol. The van der Waals surface area contributed by atoms with Gasteiger partial charge in [0.15, 0.2) is 5.78 Å². The van der Waals surface area contributed by atoms with Crippen LogP contribution < -0.4 is 0 Å². The van der Waals surface area contributed by atoms with E-state index in [4.69, 9.17) is 0 Å². The quantitative estimate of drug-likeness (QED) is 0.646. The maximum Gasteiger partial charge on any atom is 0.161 e. The fourth-order valence-electron chi connectivity index (χ4n) is 1.51. The fourth-order valence-corrected chi connectivity index (χ4v) is 1.51. The van der Waals surface area contributed by atoms with E-state index < -0.39 is 6.10 Å². The van der Waals surface area contributed by atoms with Crippen molar-refractivity contribution in [1.29, 1.82) is 0 Å². The number of hydrogen-bond acceptors (Lipinski definition) is 2. The van der Waals surface area contributed by atoms with Gasteiger partial charge in [0, 0.05) is 12.0 Å². The Bertz CT molecular complexity index is 224. The first kappa shape index (κ1) is 9.46. The molecule has 2 nitrogen and oxygen atoms in total. The van der Waals surface area contributed by atoms with Gasteiger partial charge in [0.05, 0.1) is 6.10 Å². The first-order valence-electron chi connectivity index (χ1n) is 4.34. The molecular weight excluding hydrogens is 152 g/mol. The second-order valence-corrected chi connectivity index (χ2v) is 4.30. The molecule has 1 aliphatic rings. The molecule has 1 unspecified atom stereocenters. The van der Waals surface area contributed by atoms with Crippen LogP contribution in [0.1, 0.15) is 33.6 Å². The van der Waals surface area contributed by atoms with E-state index in [1.165, 1.54) is 0 Å². The van der Waals surface area contributed by atoms with Gasteiger partial charge in [0.1, 0.15) is 0 Å². The Hall–Kier alpha value is -0.630. The van der Waals surface area contributed by atoms with Gasteiger partial charge in [-0.25, -0.2) is 0 Å². The summed E-state index contributed by atoms with van der Waals surface area (Å²) in [4.78, 5) is 11.4. The molecular formula is C10H16O2. The lowest BCUT2D eigenvalue weighted by Crippen LogP contribution is -2.26. The van der Waals surface area contributed by atoms with E-state index in [0.29, 0.717) is 12.0 Å². The minimum Gasteiger partial charge on any atom is -0.389 e. The number of rotatable bonds is 1. The molecule has 1 aliphatic carbocycles. The number of carbonyl (C=O) groups is 1. The van der Waals surface area contributed by atoms with E-state index in [1.807, 2.05) is 6.08 Å². The number of aliphatic hydroxyl groups excluding tert-OH is 1. The zero-order chi connectivity index (χ0) is 9.35. The molecule has 0 saturated carbocycles. The molecule has 0 aromatic heterocycles. The second-order valence-electron chi connectivity index (χ2n) is 4.30. The van der Waals surface area contributed by atoms with Crippen LogP contribution in [0.4, 0.5) is 0 Å². The van der Waals surface area contributed by atoms with Crippen LogP contribution in [0.5, 0.6) is 0 Å². The lowest BCUT2D eigenvalue weighted by atomic mass is 9.77. The van der Waals surface area contributed by atoms with Crippen LogP contribution in [0, 0.1) is 5.41 Å². The maximum absolute atomic E-state index is 11.4. The summed E-state index contributed by atoms with van der Waals surface area (Å²) in [5.41, 5.74) is 0.671. The molecule has 1 N–H and O–H groups in total. The van der Waals surface area contributed by atoms with E-state index in [9.17, 15) is 9.90 Å². The van der Waals surface area contributed by atoms with Gasteiger partial charge in [0.25, 0.3) is 0 Å². The summed E-state index contributed by atoms with van der Waals surface area (Å²) < 4.78 is 0. The van der Waals surface area contributed by atoms with Gasteiger partial charge in [-0.15, -0.1) is 0 Å².